The molecule has 1 aliphatic heterocycles. The van der Waals surface area contributed by atoms with Gasteiger partial charge in [-0.25, -0.2) is 0 Å². The van der Waals surface area contributed by atoms with Crippen molar-refractivity contribution in [3.8, 4) is 0 Å². The van der Waals surface area contributed by atoms with Gasteiger partial charge in [-0.3, -0.25) is 0 Å². The number of hydrogen-bond acceptors (Lipinski definition) is 3. The second-order valence-electron chi connectivity index (χ2n) is 4.69. The van der Waals surface area contributed by atoms with Crippen molar-refractivity contribution in [1.82, 2.24) is 5.32 Å². The summed E-state index contributed by atoms with van der Waals surface area (Å²) in [7, 11) is 0. The lowest BCUT2D eigenvalue weighted by Crippen LogP contribution is -2.24. The molecule has 0 amide bonds. The SMILES string of the molecule is C[C@H](NCC1CSc2ccccc21)c1cccs1. The Balaban J connectivity index is 1.62. The van der Waals surface area contributed by atoms with Gasteiger partial charge in [-0.2, -0.15) is 0 Å². The zero-order chi connectivity index (χ0) is 12.4. The molecule has 0 fully saturated rings. The van der Waals surface area contributed by atoms with E-state index in [4.69, 9.17) is 0 Å². The van der Waals surface area contributed by atoms with E-state index in [0.717, 1.165) is 6.54 Å². The fourth-order valence-corrected chi connectivity index (χ4v) is 4.37. The molecule has 2 atom stereocenters. The van der Waals surface area contributed by atoms with Crippen LogP contribution in [0, 0.1) is 0 Å². The molecule has 0 radical (unpaired) electrons. The van der Waals surface area contributed by atoms with E-state index in [1.54, 1.807) is 0 Å². The third-order valence-electron chi connectivity index (χ3n) is 3.44. The fourth-order valence-electron chi connectivity index (χ4n) is 2.36. The molecule has 0 spiro atoms. The average Bonchev–Trinajstić information content (AvgIpc) is 3.06. The first-order valence-corrected chi connectivity index (χ1v) is 8.19. The van der Waals surface area contributed by atoms with E-state index < -0.39 is 0 Å². The van der Waals surface area contributed by atoms with Crippen LogP contribution in [0.3, 0.4) is 0 Å². The van der Waals surface area contributed by atoms with Crippen molar-refractivity contribution >= 4 is 23.1 Å². The fraction of sp³-hybridized carbons (Fsp3) is 0.333. The summed E-state index contributed by atoms with van der Waals surface area (Å²) < 4.78 is 0. The normalized spacial score (nSPS) is 19.7. The van der Waals surface area contributed by atoms with E-state index in [2.05, 4.69) is 54.0 Å². The highest BCUT2D eigenvalue weighted by Crippen LogP contribution is 2.39. The molecule has 1 aliphatic rings. The molecule has 2 heterocycles. The summed E-state index contributed by atoms with van der Waals surface area (Å²) in [5, 5.41) is 5.81. The van der Waals surface area contributed by atoms with E-state index >= 15 is 0 Å². The summed E-state index contributed by atoms with van der Waals surface area (Å²) in [5.41, 5.74) is 1.52. The number of benzene rings is 1. The van der Waals surface area contributed by atoms with Crippen molar-refractivity contribution in [2.45, 2.75) is 23.8 Å². The van der Waals surface area contributed by atoms with Crippen molar-refractivity contribution in [3.05, 3.63) is 52.2 Å². The topological polar surface area (TPSA) is 12.0 Å². The third-order valence-corrected chi connectivity index (χ3v) is 5.75. The first-order chi connectivity index (χ1) is 8.84. The maximum Gasteiger partial charge on any atom is 0.0386 e. The number of fused-ring (bicyclic) bond motifs is 1. The summed E-state index contributed by atoms with van der Waals surface area (Å²) in [4.78, 5) is 2.89. The van der Waals surface area contributed by atoms with Gasteiger partial charge in [0.05, 0.1) is 0 Å². The summed E-state index contributed by atoms with van der Waals surface area (Å²) >= 11 is 3.82. The highest BCUT2D eigenvalue weighted by molar-refractivity contribution is 7.99. The van der Waals surface area contributed by atoms with Gasteiger partial charge in [0.25, 0.3) is 0 Å². The van der Waals surface area contributed by atoms with Crippen molar-refractivity contribution in [1.29, 1.82) is 0 Å². The standard InChI is InChI=1S/C15H17NS2/c1-11(14-7-4-8-17-14)16-9-12-10-18-15-6-3-2-5-13(12)15/h2-8,11-12,16H,9-10H2,1H3/t11-,12?/m0/s1. The lowest BCUT2D eigenvalue weighted by Gasteiger charge is -2.16. The molecule has 94 valence electrons. The molecule has 1 unspecified atom stereocenters. The molecule has 18 heavy (non-hydrogen) atoms. The van der Waals surface area contributed by atoms with Gasteiger partial charge in [-0.1, -0.05) is 24.3 Å². The molecular weight excluding hydrogens is 258 g/mol. The lowest BCUT2D eigenvalue weighted by molar-refractivity contribution is 0.547. The lowest BCUT2D eigenvalue weighted by atomic mass is 10.0. The molecule has 1 aromatic carbocycles. The summed E-state index contributed by atoms with van der Waals surface area (Å²) in [6.45, 7) is 3.32. The van der Waals surface area contributed by atoms with Gasteiger partial charge in [0, 0.05) is 34.0 Å². The largest absolute Gasteiger partial charge is 0.309 e. The van der Waals surface area contributed by atoms with Crippen LogP contribution in [0.1, 0.15) is 29.3 Å². The van der Waals surface area contributed by atoms with Crippen LogP contribution in [0.2, 0.25) is 0 Å². The molecule has 1 aromatic heterocycles. The van der Waals surface area contributed by atoms with Gasteiger partial charge in [0.2, 0.25) is 0 Å². The number of thiophene rings is 1. The van der Waals surface area contributed by atoms with Gasteiger partial charge in [-0.15, -0.1) is 23.1 Å². The van der Waals surface area contributed by atoms with Crippen LogP contribution in [0.15, 0.2) is 46.7 Å². The Morgan fingerprint density at radius 2 is 2.17 bits per heavy atom. The zero-order valence-corrected chi connectivity index (χ0v) is 12.1. The summed E-state index contributed by atoms with van der Waals surface area (Å²) in [5.74, 6) is 1.87. The molecule has 2 aromatic rings. The Kier molecular flexibility index (Phi) is 3.73. The van der Waals surface area contributed by atoms with Crippen LogP contribution >= 0.6 is 23.1 Å². The average molecular weight is 275 g/mol. The van der Waals surface area contributed by atoms with Gasteiger partial charge in [-0.05, 0) is 30.0 Å². The Bertz CT molecular complexity index is 507. The molecular formula is C15H17NS2. The second-order valence-corrected chi connectivity index (χ2v) is 6.73. The van der Waals surface area contributed by atoms with Crippen LogP contribution < -0.4 is 5.32 Å². The Labute approximate surface area is 117 Å². The first-order valence-electron chi connectivity index (χ1n) is 6.33. The summed E-state index contributed by atoms with van der Waals surface area (Å²) in [6, 6.07) is 13.6. The van der Waals surface area contributed by atoms with Gasteiger partial charge in [0.15, 0.2) is 0 Å². The monoisotopic (exact) mass is 275 g/mol. The molecule has 1 nitrogen and oxygen atoms in total. The van der Waals surface area contributed by atoms with E-state index in [1.807, 2.05) is 23.1 Å². The van der Waals surface area contributed by atoms with Gasteiger partial charge in [0.1, 0.15) is 0 Å². The summed E-state index contributed by atoms with van der Waals surface area (Å²) in [6.07, 6.45) is 0. The third kappa shape index (κ3) is 2.48. The van der Waals surface area contributed by atoms with Crippen LogP contribution in [0.4, 0.5) is 0 Å². The highest BCUT2D eigenvalue weighted by atomic mass is 32.2. The van der Waals surface area contributed by atoms with Crippen LogP contribution in [0.5, 0.6) is 0 Å². The predicted molar refractivity (Wildman–Crippen MR) is 80.6 cm³/mol. The minimum absolute atomic E-state index is 0.461. The number of nitrogens with one attached hydrogen (secondary N) is 1. The van der Waals surface area contributed by atoms with E-state index in [1.165, 1.54) is 21.1 Å². The molecule has 0 aliphatic carbocycles. The van der Waals surface area contributed by atoms with Crippen LogP contribution in [0.25, 0.3) is 0 Å². The first kappa shape index (κ1) is 12.3. The molecule has 0 saturated carbocycles. The number of hydrogen-bond donors (Lipinski definition) is 1. The molecule has 1 N–H and O–H groups in total. The highest BCUT2D eigenvalue weighted by Gasteiger charge is 2.22. The molecule has 3 heteroatoms. The van der Waals surface area contributed by atoms with Crippen molar-refractivity contribution in [2.24, 2.45) is 0 Å². The van der Waals surface area contributed by atoms with E-state index in [0.29, 0.717) is 12.0 Å². The number of thioether (sulfide) groups is 1. The van der Waals surface area contributed by atoms with E-state index in [-0.39, 0.29) is 0 Å². The van der Waals surface area contributed by atoms with Crippen LogP contribution in [-0.2, 0) is 0 Å². The predicted octanol–water partition coefficient (Wildman–Crippen LogP) is 4.29. The Morgan fingerprint density at radius 3 is 3.00 bits per heavy atom. The Hall–Kier alpha value is -0.770. The molecule has 0 bridgehead atoms. The Morgan fingerprint density at radius 1 is 1.28 bits per heavy atom. The van der Waals surface area contributed by atoms with Crippen LogP contribution in [-0.4, -0.2) is 12.3 Å². The molecule has 0 saturated heterocycles. The van der Waals surface area contributed by atoms with Gasteiger partial charge < -0.3 is 5.32 Å². The van der Waals surface area contributed by atoms with E-state index in [9.17, 15) is 0 Å². The number of rotatable bonds is 4. The zero-order valence-electron chi connectivity index (χ0n) is 10.4. The maximum atomic E-state index is 3.66. The quantitative estimate of drug-likeness (QED) is 0.893. The minimum Gasteiger partial charge on any atom is -0.309 e. The van der Waals surface area contributed by atoms with Crippen molar-refractivity contribution < 1.29 is 0 Å². The van der Waals surface area contributed by atoms with Crippen molar-refractivity contribution in [3.63, 3.8) is 0 Å². The minimum atomic E-state index is 0.461. The van der Waals surface area contributed by atoms with Crippen molar-refractivity contribution in [2.75, 3.05) is 12.3 Å². The van der Waals surface area contributed by atoms with Gasteiger partial charge >= 0.3 is 0 Å². The molecule has 3 rings (SSSR count). The maximum absolute atomic E-state index is 3.66. The smallest absolute Gasteiger partial charge is 0.0386 e. The second kappa shape index (κ2) is 5.47.